The number of rotatable bonds is 39. The molecule has 2 aromatic rings. The average Bonchev–Trinajstić information content (AvgIpc) is 3.23. The van der Waals surface area contributed by atoms with Crippen molar-refractivity contribution < 1.29 is 71.6 Å². The van der Waals surface area contributed by atoms with E-state index < -0.39 is 23.1 Å². The highest BCUT2D eigenvalue weighted by molar-refractivity contribution is 5.88. The van der Waals surface area contributed by atoms with Crippen LogP contribution in [-0.2, 0) is 63.4 Å². The van der Waals surface area contributed by atoms with Gasteiger partial charge in [0.2, 0.25) is 11.8 Å². The average molecular weight is 860 g/mol. The molecule has 1 aromatic carbocycles. The van der Waals surface area contributed by atoms with Crippen LogP contribution in [0.1, 0.15) is 19.4 Å². The molecule has 344 valence electrons. The zero-order chi connectivity index (χ0) is 43.7. The van der Waals surface area contributed by atoms with Crippen LogP contribution in [0.15, 0.2) is 33.5 Å². The van der Waals surface area contributed by atoms with E-state index in [9.17, 15) is 24.6 Å². The van der Waals surface area contributed by atoms with Crippen LogP contribution in [0.5, 0.6) is 0 Å². The van der Waals surface area contributed by atoms with E-state index in [-0.39, 0.29) is 32.1 Å². The van der Waals surface area contributed by atoms with Crippen LogP contribution < -0.4 is 21.2 Å². The zero-order valence-corrected chi connectivity index (χ0v) is 35.9. The van der Waals surface area contributed by atoms with Crippen molar-refractivity contribution in [3.05, 3.63) is 40.2 Å². The summed E-state index contributed by atoms with van der Waals surface area (Å²) >= 11 is 0. The summed E-state index contributed by atoms with van der Waals surface area (Å²) in [6.45, 7) is 11.9. The van der Waals surface area contributed by atoms with Crippen LogP contribution in [0.25, 0.3) is 11.0 Å². The van der Waals surface area contributed by atoms with Crippen molar-refractivity contribution in [2.45, 2.75) is 26.4 Å². The minimum Gasteiger partial charge on any atom is -0.423 e. The number of aliphatic hydroxyl groups is 2. The van der Waals surface area contributed by atoms with Crippen molar-refractivity contribution in [2.75, 3.05) is 171 Å². The Morgan fingerprint density at radius 1 is 0.633 bits per heavy atom. The number of ether oxygens (including phenoxy) is 10. The Bertz CT molecular complexity index is 1480. The standard InChI is InChI=1S/C41H69N3O16/c1-41(2,32-45)39(48)40(49)43-8-10-51-12-14-53-16-18-55-20-22-57-24-26-59-28-27-58-25-23-56-21-19-54-17-15-52-13-11-50-9-7-42-37(46)29-33-30-38(47)60-36-31-34(44(3)4)5-6-35(33)36/h5-6,30-31,39,45,48H,7-29,32H2,1-4H3,(H,42,46)(H,43,49)/t39-/m0/s1. The van der Waals surface area contributed by atoms with Crippen molar-refractivity contribution >= 4 is 28.5 Å². The third-order valence-electron chi connectivity index (χ3n) is 8.54. The highest BCUT2D eigenvalue weighted by atomic mass is 16.6. The van der Waals surface area contributed by atoms with Crippen LogP contribution in [0, 0.1) is 5.41 Å². The first-order valence-corrected chi connectivity index (χ1v) is 20.4. The number of anilines is 1. The number of nitrogens with one attached hydrogen (secondary N) is 2. The molecule has 0 radical (unpaired) electrons. The summed E-state index contributed by atoms with van der Waals surface area (Å²) in [7, 11) is 3.80. The highest BCUT2D eigenvalue weighted by Gasteiger charge is 2.32. The maximum absolute atomic E-state index is 12.5. The molecule has 1 aromatic heterocycles. The molecule has 0 fully saturated rings. The second-order valence-corrected chi connectivity index (χ2v) is 14.2. The van der Waals surface area contributed by atoms with Gasteiger partial charge in [-0.15, -0.1) is 0 Å². The number of fused-ring (bicyclic) bond motifs is 1. The molecule has 60 heavy (non-hydrogen) atoms. The number of benzene rings is 1. The van der Waals surface area contributed by atoms with Crippen LogP contribution in [-0.4, -0.2) is 194 Å². The van der Waals surface area contributed by atoms with E-state index in [1.165, 1.54) is 6.07 Å². The van der Waals surface area contributed by atoms with Gasteiger partial charge in [-0.2, -0.15) is 0 Å². The molecule has 0 aliphatic carbocycles. The van der Waals surface area contributed by atoms with Gasteiger partial charge in [-0.25, -0.2) is 4.79 Å². The molecule has 0 unspecified atom stereocenters. The number of hydrogen-bond acceptors (Lipinski definition) is 17. The fourth-order valence-electron chi connectivity index (χ4n) is 5.01. The highest BCUT2D eigenvalue weighted by Crippen LogP contribution is 2.23. The van der Waals surface area contributed by atoms with Crippen LogP contribution in [0.3, 0.4) is 0 Å². The molecule has 0 bridgehead atoms. The molecule has 2 amide bonds. The topological polar surface area (TPSA) is 224 Å². The molecule has 1 heterocycles. The monoisotopic (exact) mass is 859 g/mol. The lowest BCUT2D eigenvalue weighted by Crippen LogP contribution is -2.46. The Morgan fingerprint density at radius 2 is 1.02 bits per heavy atom. The fraction of sp³-hybridized carbons (Fsp3) is 0.732. The summed E-state index contributed by atoms with van der Waals surface area (Å²) < 4.78 is 60.0. The summed E-state index contributed by atoms with van der Waals surface area (Å²) in [6.07, 6.45) is -1.23. The normalized spacial score (nSPS) is 12.2. The molecule has 1 atom stereocenters. The van der Waals surface area contributed by atoms with Gasteiger partial charge in [-0.1, -0.05) is 13.8 Å². The summed E-state index contributed by atoms with van der Waals surface area (Å²) in [5.74, 6) is -0.750. The van der Waals surface area contributed by atoms with Gasteiger partial charge in [-0.3, -0.25) is 9.59 Å². The molecule has 2 rings (SSSR count). The van der Waals surface area contributed by atoms with Crippen molar-refractivity contribution in [1.82, 2.24) is 10.6 Å². The van der Waals surface area contributed by atoms with Gasteiger partial charge >= 0.3 is 5.63 Å². The van der Waals surface area contributed by atoms with Gasteiger partial charge in [0.15, 0.2) is 0 Å². The van der Waals surface area contributed by atoms with Crippen molar-refractivity contribution in [1.29, 1.82) is 0 Å². The van der Waals surface area contributed by atoms with E-state index in [2.05, 4.69) is 10.6 Å². The third-order valence-corrected chi connectivity index (χ3v) is 8.54. The SMILES string of the molecule is CN(C)c1ccc2c(CC(=O)NCCOCCOCCOCCOCCOCCOCCOCCOCCOCCOCCNC(=O)[C@H](O)C(C)(C)CO)cc(=O)oc2c1. The molecule has 0 saturated heterocycles. The van der Waals surface area contributed by atoms with Crippen LogP contribution in [0.2, 0.25) is 0 Å². The van der Waals surface area contributed by atoms with Gasteiger partial charge in [0.05, 0.1) is 145 Å². The molecular weight excluding hydrogens is 790 g/mol. The molecule has 19 nitrogen and oxygen atoms in total. The van der Waals surface area contributed by atoms with Crippen molar-refractivity contribution in [3.8, 4) is 0 Å². The first-order chi connectivity index (χ1) is 29.0. The number of carbonyl (C=O) groups excluding carboxylic acids is 2. The third kappa shape index (κ3) is 24.8. The second kappa shape index (κ2) is 33.3. The van der Waals surface area contributed by atoms with Gasteiger partial charge < -0.3 is 77.5 Å². The van der Waals surface area contributed by atoms with Gasteiger partial charge in [0.1, 0.15) is 11.7 Å². The molecule has 19 heteroatoms. The number of carbonyl (C=O) groups is 2. The Balaban J connectivity index is 1.23. The number of hydrogen-bond donors (Lipinski definition) is 4. The maximum atomic E-state index is 12.5. The van der Waals surface area contributed by atoms with Gasteiger partial charge in [0.25, 0.3) is 0 Å². The van der Waals surface area contributed by atoms with Crippen LogP contribution in [0.4, 0.5) is 5.69 Å². The molecule has 0 aliphatic heterocycles. The van der Waals surface area contributed by atoms with Gasteiger partial charge in [0, 0.05) is 55.8 Å². The Kier molecular flexibility index (Phi) is 29.3. The van der Waals surface area contributed by atoms with E-state index in [1.54, 1.807) is 19.9 Å². The van der Waals surface area contributed by atoms with Gasteiger partial charge in [-0.05, 0) is 17.7 Å². The first-order valence-electron chi connectivity index (χ1n) is 20.4. The zero-order valence-electron chi connectivity index (χ0n) is 35.9. The van der Waals surface area contributed by atoms with Crippen molar-refractivity contribution in [3.63, 3.8) is 0 Å². The summed E-state index contributed by atoms with van der Waals surface area (Å²) in [5, 5.41) is 25.3. The minimum absolute atomic E-state index is 0.0631. The Morgan fingerprint density at radius 3 is 1.40 bits per heavy atom. The molecule has 0 saturated carbocycles. The lowest BCUT2D eigenvalue weighted by molar-refractivity contribution is -0.137. The maximum Gasteiger partial charge on any atom is 0.336 e. The number of amides is 2. The minimum atomic E-state index is -1.29. The summed E-state index contributed by atoms with van der Waals surface area (Å²) in [6, 6.07) is 6.91. The smallest absolute Gasteiger partial charge is 0.336 e. The largest absolute Gasteiger partial charge is 0.423 e. The number of aliphatic hydroxyl groups excluding tert-OH is 2. The molecule has 4 N–H and O–H groups in total. The van der Waals surface area contributed by atoms with E-state index >= 15 is 0 Å². The van der Waals surface area contributed by atoms with E-state index in [0.29, 0.717) is 143 Å². The Labute approximate surface area is 353 Å². The molecular formula is C41H69N3O16. The predicted molar refractivity (Wildman–Crippen MR) is 222 cm³/mol. The fourth-order valence-corrected chi connectivity index (χ4v) is 5.01. The second-order valence-electron chi connectivity index (χ2n) is 14.2. The Hall–Kier alpha value is -3.31. The lowest BCUT2D eigenvalue weighted by Gasteiger charge is -2.27. The molecule has 0 spiro atoms. The summed E-state index contributed by atoms with van der Waals surface area (Å²) in [4.78, 5) is 38.2. The predicted octanol–water partition coefficient (Wildman–Crippen LogP) is 0.179. The van der Waals surface area contributed by atoms with E-state index in [0.717, 1.165) is 11.1 Å². The molecule has 0 aliphatic rings. The van der Waals surface area contributed by atoms with Crippen molar-refractivity contribution in [2.24, 2.45) is 5.41 Å². The first kappa shape index (κ1) is 52.8. The quantitative estimate of drug-likeness (QED) is 0.0520. The van der Waals surface area contributed by atoms with Crippen LogP contribution >= 0.6 is 0 Å². The lowest BCUT2D eigenvalue weighted by atomic mass is 9.87. The summed E-state index contributed by atoms with van der Waals surface area (Å²) in [5.41, 5.74) is 0.556. The number of nitrogens with zero attached hydrogens (tertiary/aromatic N) is 1. The van der Waals surface area contributed by atoms with E-state index in [1.807, 2.05) is 31.1 Å². The van der Waals surface area contributed by atoms with E-state index in [4.69, 9.17) is 51.8 Å².